The molecule has 1 fully saturated rings. The van der Waals surface area contributed by atoms with E-state index in [9.17, 15) is 14.7 Å². The zero-order chi connectivity index (χ0) is 17.3. The zero-order valence-electron chi connectivity index (χ0n) is 13.4. The van der Waals surface area contributed by atoms with Crippen LogP contribution in [0.25, 0.3) is 6.08 Å². The summed E-state index contributed by atoms with van der Waals surface area (Å²) in [5.74, 6) is 0.0837. The predicted molar refractivity (Wildman–Crippen MR) is 97.1 cm³/mol. The SMILES string of the molecule is CC(C)c1ccc(/C=C2\SC(=O)N(c3cccc(O)c3)C2=O)cc1. The number of thioether (sulfide) groups is 1. The van der Waals surface area contributed by atoms with Gasteiger partial charge in [0.2, 0.25) is 0 Å². The molecular formula is C19H17NO3S. The largest absolute Gasteiger partial charge is 0.508 e. The third-order valence-corrected chi connectivity index (χ3v) is 4.65. The lowest BCUT2D eigenvalue weighted by Crippen LogP contribution is -2.27. The van der Waals surface area contributed by atoms with Gasteiger partial charge in [0.25, 0.3) is 11.1 Å². The fourth-order valence-corrected chi connectivity index (χ4v) is 3.29. The van der Waals surface area contributed by atoms with Gasteiger partial charge in [0, 0.05) is 6.07 Å². The number of nitrogens with zero attached hydrogens (tertiary/aromatic N) is 1. The smallest absolute Gasteiger partial charge is 0.298 e. The Balaban J connectivity index is 1.88. The Morgan fingerprint density at radius 1 is 1.08 bits per heavy atom. The first kappa shape index (κ1) is 16.3. The Morgan fingerprint density at radius 2 is 1.79 bits per heavy atom. The van der Waals surface area contributed by atoms with E-state index >= 15 is 0 Å². The summed E-state index contributed by atoms with van der Waals surface area (Å²) < 4.78 is 0. The van der Waals surface area contributed by atoms with Crippen LogP contribution in [0.3, 0.4) is 0 Å². The molecule has 1 aliphatic rings. The minimum Gasteiger partial charge on any atom is -0.508 e. The second-order valence-corrected chi connectivity index (χ2v) is 6.85. The van der Waals surface area contributed by atoms with E-state index in [1.54, 1.807) is 18.2 Å². The lowest BCUT2D eigenvalue weighted by molar-refractivity contribution is -0.113. The molecule has 1 heterocycles. The Bertz CT molecular complexity index is 825. The van der Waals surface area contributed by atoms with Gasteiger partial charge in [0.1, 0.15) is 5.75 Å². The summed E-state index contributed by atoms with van der Waals surface area (Å²) in [5.41, 5.74) is 2.47. The summed E-state index contributed by atoms with van der Waals surface area (Å²) in [5, 5.41) is 9.18. The number of hydrogen-bond acceptors (Lipinski definition) is 4. The molecule has 5 heteroatoms. The number of carbonyl (C=O) groups is 2. The maximum atomic E-state index is 12.5. The molecule has 0 aromatic heterocycles. The van der Waals surface area contributed by atoms with Crippen molar-refractivity contribution in [2.24, 2.45) is 0 Å². The number of anilines is 1. The minimum absolute atomic E-state index is 0.0137. The molecule has 2 amide bonds. The number of hydrogen-bond donors (Lipinski definition) is 1. The lowest BCUT2D eigenvalue weighted by Gasteiger charge is -2.12. The zero-order valence-corrected chi connectivity index (χ0v) is 14.2. The van der Waals surface area contributed by atoms with Crippen molar-refractivity contribution in [2.75, 3.05) is 4.90 Å². The van der Waals surface area contributed by atoms with Gasteiger partial charge in [-0.2, -0.15) is 0 Å². The Morgan fingerprint density at radius 3 is 2.42 bits per heavy atom. The number of imide groups is 1. The monoisotopic (exact) mass is 339 g/mol. The van der Waals surface area contributed by atoms with Crippen LogP contribution < -0.4 is 4.90 Å². The van der Waals surface area contributed by atoms with Crippen LogP contribution in [0.5, 0.6) is 5.75 Å². The molecule has 24 heavy (non-hydrogen) atoms. The average molecular weight is 339 g/mol. The summed E-state index contributed by atoms with van der Waals surface area (Å²) in [6.07, 6.45) is 1.72. The molecule has 4 nitrogen and oxygen atoms in total. The van der Waals surface area contributed by atoms with Crippen molar-refractivity contribution >= 4 is 34.7 Å². The van der Waals surface area contributed by atoms with Gasteiger partial charge in [0.15, 0.2) is 0 Å². The molecule has 0 aliphatic carbocycles. The molecule has 0 saturated carbocycles. The third kappa shape index (κ3) is 3.21. The van der Waals surface area contributed by atoms with Crippen molar-refractivity contribution in [3.05, 3.63) is 64.6 Å². The fraction of sp³-hybridized carbons (Fsp3) is 0.158. The number of phenolic OH excluding ortho intramolecular Hbond substituents is 1. The number of amides is 2. The molecular weight excluding hydrogens is 322 g/mol. The summed E-state index contributed by atoms with van der Waals surface area (Å²) in [6.45, 7) is 4.24. The van der Waals surface area contributed by atoms with Gasteiger partial charge in [-0.3, -0.25) is 9.59 Å². The summed E-state index contributed by atoms with van der Waals surface area (Å²) in [4.78, 5) is 26.2. The van der Waals surface area contributed by atoms with E-state index in [1.165, 1.54) is 17.7 Å². The highest BCUT2D eigenvalue weighted by Crippen LogP contribution is 2.36. The van der Waals surface area contributed by atoms with E-state index in [0.717, 1.165) is 22.2 Å². The first-order valence-corrected chi connectivity index (χ1v) is 8.44. The van der Waals surface area contributed by atoms with Crippen molar-refractivity contribution in [1.29, 1.82) is 0 Å². The second kappa shape index (κ2) is 6.53. The predicted octanol–water partition coefficient (Wildman–Crippen LogP) is 4.76. The topological polar surface area (TPSA) is 57.6 Å². The highest BCUT2D eigenvalue weighted by molar-refractivity contribution is 8.19. The quantitative estimate of drug-likeness (QED) is 0.819. The van der Waals surface area contributed by atoms with Crippen LogP contribution >= 0.6 is 11.8 Å². The van der Waals surface area contributed by atoms with Crippen molar-refractivity contribution < 1.29 is 14.7 Å². The van der Waals surface area contributed by atoms with Crippen LogP contribution in [0.4, 0.5) is 10.5 Å². The molecule has 0 radical (unpaired) electrons. The highest BCUT2D eigenvalue weighted by atomic mass is 32.2. The first-order valence-electron chi connectivity index (χ1n) is 7.62. The lowest BCUT2D eigenvalue weighted by atomic mass is 10.0. The molecule has 0 bridgehead atoms. The minimum atomic E-state index is -0.372. The van der Waals surface area contributed by atoms with Crippen LogP contribution in [-0.2, 0) is 4.79 Å². The van der Waals surface area contributed by atoms with Crippen LogP contribution in [0, 0.1) is 0 Å². The third-order valence-electron chi connectivity index (χ3n) is 3.78. The Kier molecular flexibility index (Phi) is 4.44. The second-order valence-electron chi connectivity index (χ2n) is 5.86. The number of carbonyl (C=O) groups excluding carboxylic acids is 2. The van der Waals surface area contributed by atoms with Gasteiger partial charge in [-0.15, -0.1) is 0 Å². The number of aromatic hydroxyl groups is 1. The van der Waals surface area contributed by atoms with Crippen LogP contribution in [0.1, 0.15) is 30.9 Å². The van der Waals surface area contributed by atoms with Crippen LogP contribution in [0.15, 0.2) is 53.4 Å². The van der Waals surface area contributed by atoms with Crippen LogP contribution in [-0.4, -0.2) is 16.3 Å². The van der Waals surface area contributed by atoms with E-state index in [1.807, 2.05) is 24.3 Å². The van der Waals surface area contributed by atoms with Gasteiger partial charge in [0.05, 0.1) is 10.6 Å². The molecule has 1 N–H and O–H groups in total. The van der Waals surface area contributed by atoms with Gasteiger partial charge < -0.3 is 5.11 Å². The molecule has 2 aromatic carbocycles. The van der Waals surface area contributed by atoms with Crippen LogP contribution in [0.2, 0.25) is 0 Å². The Labute approximate surface area is 144 Å². The van der Waals surface area contributed by atoms with Gasteiger partial charge in [-0.05, 0) is 47.0 Å². The van der Waals surface area contributed by atoms with Crippen molar-refractivity contribution in [3.63, 3.8) is 0 Å². The standard InChI is InChI=1S/C19H17NO3S/c1-12(2)14-8-6-13(7-9-14)10-17-18(22)20(19(23)24-17)15-4-3-5-16(21)11-15/h3-12,21H,1-2H3/b17-10-. The molecule has 0 atom stereocenters. The van der Waals surface area contributed by atoms with E-state index in [2.05, 4.69) is 13.8 Å². The molecule has 0 unspecified atom stereocenters. The summed E-state index contributed by atoms with van der Waals surface area (Å²) in [7, 11) is 0. The first-order chi connectivity index (χ1) is 11.5. The van der Waals surface area contributed by atoms with Gasteiger partial charge >= 0.3 is 0 Å². The molecule has 1 saturated heterocycles. The summed E-state index contributed by atoms with van der Waals surface area (Å²) >= 11 is 0.905. The van der Waals surface area contributed by atoms with Crippen molar-refractivity contribution in [1.82, 2.24) is 0 Å². The van der Waals surface area contributed by atoms with Crippen molar-refractivity contribution in [3.8, 4) is 5.75 Å². The molecule has 122 valence electrons. The normalized spacial score (nSPS) is 16.5. The molecule has 1 aliphatic heterocycles. The molecule has 3 rings (SSSR count). The van der Waals surface area contributed by atoms with Crippen molar-refractivity contribution in [2.45, 2.75) is 19.8 Å². The molecule has 0 spiro atoms. The van der Waals surface area contributed by atoms with E-state index in [0.29, 0.717) is 16.5 Å². The highest BCUT2D eigenvalue weighted by Gasteiger charge is 2.36. The summed E-state index contributed by atoms with van der Waals surface area (Å²) in [6, 6.07) is 14.0. The Hall–Kier alpha value is -2.53. The van der Waals surface area contributed by atoms with E-state index < -0.39 is 0 Å². The number of rotatable bonds is 3. The number of phenols is 1. The fourth-order valence-electron chi connectivity index (χ4n) is 2.45. The van der Waals surface area contributed by atoms with Gasteiger partial charge in [-0.25, -0.2) is 4.90 Å². The number of benzene rings is 2. The van der Waals surface area contributed by atoms with E-state index in [-0.39, 0.29) is 16.9 Å². The molecule has 2 aromatic rings. The van der Waals surface area contributed by atoms with E-state index in [4.69, 9.17) is 0 Å². The maximum absolute atomic E-state index is 12.5. The maximum Gasteiger partial charge on any atom is 0.298 e. The van der Waals surface area contributed by atoms with Gasteiger partial charge in [-0.1, -0.05) is 44.2 Å². The average Bonchev–Trinajstić information content (AvgIpc) is 2.82.